The van der Waals surface area contributed by atoms with Crippen LogP contribution in [0.1, 0.15) is 47.5 Å². The van der Waals surface area contributed by atoms with Crippen molar-refractivity contribution in [1.29, 1.82) is 0 Å². The van der Waals surface area contributed by atoms with E-state index in [4.69, 9.17) is 11.6 Å². The van der Waals surface area contributed by atoms with E-state index >= 15 is 0 Å². The molecule has 0 aromatic rings. The molecule has 0 aromatic carbocycles. The zero-order chi connectivity index (χ0) is 29.2. The molecule has 0 bridgehead atoms. The molecule has 0 radical (unpaired) electrons. The average Bonchev–Trinajstić information content (AvgIpc) is 3.37. The molecule has 4 rings (SSSR count). The third-order valence-electron chi connectivity index (χ3n) is 8.57. The standard InChI is InChI=1S/C25H35ClF3N5O5/c1-23(2,3)16(31-19(36)12-8-25(12,28)29)21(38)33-10-13-14(24(13,4)5)15(33)20(37)32-34(22(39)17(26)27)9-11-6-7-30-18(11)35/h11-17H,6-10H2,1-5H3,(H,30,35)(H,31,36)(H,32,37)/t11-,12-,13-,14-,15-,16?,17?/m0/s1. The lowest BCUT2D eigenvalue weighted by molar-refractivity contribution is -0.151. The molecule has 4 fully saturated rings. The van der Waals surface area contributed by atoms with Crippen molar-refractivity contribution in [1.82, 2.24) is 26.0 Å². The molecule has 0 spiro atoms. The molecule has 2 heterocycles. The number of carbonyl (C=O) groups excluding carboxylic acids is 5. The van der Waals surface area contributed by atoms with Crippen molar-refractivity contribution in [2.45, 2.75) is 71.1 Å². The molecule has 5 amide bonds. The number of carbonyl (C=O) groups is 5. The van der Waals surface area contributed by atoms with E-state index in [2.05, 4.69) is 16.1 Å². The van der Waals surface area contributed by atoms with Gasteiger partial charge in [-0.2, -0.15) is 0 Å². The monoisotopic (exact) mass is 577 g/mol. The van der Waals surface area contributed by atoms with Gasteiger partial charge in [-0.05, 0) is 29.1 Å². The molecule has 0 aromatic heterocycles. The number of rotatable bonds is 7. The summed E-state index contributed by atoms with van der Waals surface area (Å²) >= 11 is 5.37. The summed E-state index contributed by atoms with van der Waals surface area (Å²) < 4.78 is 40.8. The number of halogens is 4. The summed E-state index contributed by atoms with van der Waals surface area (Å²) in [6, 6.07) is -2.28. The quantitative estimate of drug-likeness (QED) is 0.309. The number of piperidine rings is 1. The van der Waals surface area contributed by atoms with E-state index in [9.17, 15) is 37.1 Å². The molecule has 2 aliphatic carbocycles. The van der Waals surface area contributed by atoms with Gasteiger partial charge >= 0.3 is 0 Å². The highest BCUT2D eigenvalue weighted by atomic mass is 35.5. The number of fused-ring (bicyclic) bond motifs is 1. The van der Waals surface area contributed by atoms with Crippen LogP contribution in [-0.4, -0.2) is 82.7 Å². The summed E-state index contributed by atoms with van der Waals surface area (Å²) in [5.41, 5.74) is -1.28. The zero-order valence-electron chi connectivity index (χ0n) is 22.5. The van der Waals surface area contributed by atoms with Crippen molar-refractivity contribution in [3.8, 4) is 0 Å². The second-order valence-corrected chi connectivity index (χ2v) is 13.1. The van der Waals surface area contributed by atoms with Crippen LogP contribution in [0.15, 0.2) is 0 Å². The van der Waals surface area contributed by atoms with Gasteiger partial charge in [0.25, 0.3) is 23.4 Å². The van der Waals surface area contributed by atoms with Crippen molar-refractivity contribution in [3.63, 3.8) is 0 Å². The van der Waals surface area contributed by atoms with Crippen LogP contribution in [0.5, 0.6) is 0 Å². The van der Waals surface area contributed by atoms with E-state index in [0.717, 1.165) is 0 Å². The molecule has 218 valence electrons. The van der Waals surface area contributed by atoms with Crippen molar-refractivity contribution >= 4 is 41.1 Å². The maximum absolute atomic E-state index is 13.8. The summed E-state index contributed by atoms with van der Waals surface area (Å²) in [6.07, 6.45) is -0.216. The van der Waals surface area contributed by atoms with Crippen LogP contribution < -0.4 is 16.1 Å². The Morgan fingerprint density at radius 3 is 2.31 bits per heavy atom. The van der Waals surface area contributed by atoms with Crippen molar-refractivity contribution in [2.24, 2.45) is 34.5 Å². The normalized spacial score (nSPS) is 31.5. The first-order valence-electron chi connectivity index (χ1n) is 13.0. The van der Waals surface area contributed by atoms with Crippen LogP contribution in [0.2, 0.25) is 0 Å². The van der Waals surface area contributed by atoms with Gasteiger partial charge in [0.2, 0.25) is 17.7 Å². The van der Waals surface area contributed by atoms with E-state index < -0.39 is 70.9 Å². The fourth-order valence-electron chi connectivity index (χ4n) is 5.92. The van der Waals surface area contributed by atoms with Crippen molar-refractivity contribution in [3.05, 3.63) is 0 Å². The number of likely N-dealkylation sites (tertiary alicyclic amines) is 1. The van der Waals surface area contributed by atoms with Gasteiger partial charge in [-0.1, -0.05) is 46.2 Å². The Morgan fingerprint density at radius 2 is 1.82 bits per heavy atom. The van der Waals surface area contributed by atoms with Crippen LogP contribution in [0.4, 0.5) is 13.2 Å². The fraction of sp³-hybridized carbons (Fsp3) is 0.800. The Balaban J connectivity index is 1.55. The third-order valence-corrected chi connectivity index (χ3v) is 8.75. The second kappa shape index (κ2) is 9.81. The molecule has 2 saturated heterocycles. The number of nitrogens with one attached hydrogen (secondary N) is 3. The highest BCUT2D eigenvalue weighted by Gasteiger charge is 2.70. The number of nitrogens with zero attached hydrogens (tertiary/aromatic N) is 2. The fourth-order valence-corrected chi connectivity index (χ4v) is 6.03. The van der Waals surface area contributed by atoms with Crippen LogP contribution in [0.3, 0.4) is 0 Å². The molecule has 2 saturated carbocycles. The minimum Gasteiger partial charge on any atom is -0.356 e. The van der Waals surface area contributed by atoms with Gasteiger partial charge in [0.05, 0.1) is 12.5 Å². The van der Waals surface area contributed by atoms with E-state index in [0.29, 0.717) is 18.0 Å². The molecule has 7 atom stereocenters. The Kier molecular flexibility index (Phi) is 7.40. The predicted octanol–water partition coefficient (Wildman–Crippen LogP) is 1.19. The average molecular weight is 578 g/mol. The first kappa shape index (κ1) is 29.4. The molecule has 10 nitrogen and oxygen atoms in total. The molecule has 39 heavy (non-hydrogen) atoms. The van der Waals surface area contributed by atoms with Gasteiger partial charge < -0.3 is 15.5 Å². The highest BCUT2D eigenvalue weighted by molar-refractivity contribution is 6.29. The summed E-state index contributed by atoms with van der Waals surface area (Å²) in [5.74, 6) is -9.57. The number of alkyl halides is 4. The first-order valence-corrected chi connectivity index (χ1v) is 13.5. The van der Waals surface area contributed by atoms with E-state index in [-0.39, 0.29) is 36.2 Å². The van der Waals surface area contributed by atoms with Gasteiger partial charge in [0.1, 0.15) is 18.0 Å². The highest BCUT2D eigenvalue weighted by Crippen LogP contribution is 2.65. The zero-order valence-corrected chi connectivity index (χ0v) is 23.3. The summed E-state index contributed by atoms with van der Waals surface area (Å²) in [5, 5.41) is 5.76. The molecule has 3 N–H and O–H groups in total. The number of hydrogen-bond donors (Lipinski definition) is 3. The summed E-state index contributed by atoms with van der Waals surface area (Å²) in [7, 11) is 0. The van der Waals surface area contributed by atoms with E-state index in [1.807, 2.05) is 13.8 Å². The SMILES string of the molecule is CC(C)(C)C(NC(=O)[C@@H]1CC1(F)F)C(=O)N1C[C@H]2[C@@H]([C@H]1C(=O)NN(C[C@@H]1CCNC1=O)C(=O)C(F)Cl)C2(C)C. The minimum absolute atomic E-state index is 0.0620. The van der Waals surface area contributed by atoms with Gasteiger partial charge in [-0.3, -0.25) is 29.4 Å². The van der Waals surface area contributed by atoms with Crippen molar-refractivity contribution in [2.75, 3.05) is 19.6 Å². The molecule has 2 unspecified atom stereocenters. The van der Waals surface area contributed by atoms with Gasteiger partial charge in [-0.15, -0.1) is 0 Å². The smallest absolute Gasteiger partial charge is 0.291 e. The number of amides is 5. The lowest BCUT2D eigenvalue weighted by atomic mass is 9.85. The Bertz CT molecular complexity index is 1080. The van der Waals surface area contributed by atoms with Crippen LogP contribution >= 0.6 is 11.6 Å². The van der Waals surface area contributed by atoms with E-state index in [1.165, 1.54) is 4.90 Å². The van der Waals surface area contributed by atoms with Crippen LogP contribution in [0.25, 0.3) is 0 Å². The maximum atomic E-state index is 13.8. The van der Waals surface area contributed by atoms with Crippen LogP contribution in [-0.2, 0) is 24.0 Å². The lowest BCUT2D eigenvalue weighted by Crippen LogP contribution is -2.61. The van der Waals surface area contributed by atoms with Gasteiger partial charge in [0.15, 0.2) is 0 Å². The second-order valence-electron chi connectivity index (χ2n) is 12.7. The van der Waals surface area contributed by atoms with Gasteiger partial charge in [0, 0.05) is 19.5 Å². The molecule has 4 aliphatic rings. The topological polar surface area (TPSA) is 128 Å². The molecule has 14 heteroatoms. The summed E-state index contributed by atoms with van der Waals surface area (Å²) in [4.78, 5) is 65.8. The maximum Gasteiger partial charge on any atom is 0.291 e. The molecular weight excluding hydrogens is 543 g/mol. The Labute approximate surface area is 229 Å². The lowest BCUT2D eigenvalue weighted by Gasteiger charge is -2.38. The number of hydrazine groups is 1. The minimum atomic E-state index is -3.11. The molecular formula is C25H35ClF3N5O5. The summed E-state index contributed by atoms with van der Waals surface area (Å²) in [6.45, 7) is 9.13. The van der Waals surface area contributed by atoms with Crippen molar-refractivity contribution < 1.29 is 37.1 Å². The predicted molar refractivity (Wildman–Crippen MR) is 132 cm³/mol. The van der Waals surface area contributed by atoms with E-state index in [1.54, 1.807) is 20.8 Å². The van der Waals surface area contributed by atoms with Gasteiger partial charge in [-0.25, -0.2) is 18.2 Å². The van der Waals surface area contributed by atoms with Crippen LogP contribution in [0, 0.1) is 34.5 Å². The first-order chi connectivity index (χ1) is 17.9. The third kappa shape index (κ3) is 5.55. The molecule has 2 aliphatic heterocycles. The Morgan fingerprint density at radius 1 is 1.21 bits per heavy atom. The largest absolute Gasteiger partial charge is 0.356 e. The Hall–Kier alpha value is -2.57. The number of hydrogen-bond acceptors (Lipinski definition) is 5.